The number of ether oxygens (including phenoxy) is 1. The zero-order valence-electron chi connectivity index (χ0n) is 19.0. The molecule has 0 radical (unpaired) electrons. The van der Waals surface area contributed by atoms with Crippen LogP contribution in [0, 0.1) is 11.2 Å². The van der Waals surface area contributed by atoms with E-state index in [1.165, 1.54) is 30.7 Å². The number of carbonyl (C=O) groups is 1. The Morgan fingerprint density at radius 1 is 1.26 bits per heavy atom. The molecule has 1 aliphatic rings. The molecule has 1 aliphatic heterocycles. The van der Waals surface area contributed by atoms with Crippen LogP contribution in [0.5, 0.6) is 11.5 Å². The maximum absolute atomic E-state index is 15.0. The lowest BCUT2D eigenvalue weighted by Gasteiger charge is -2.32. The van der Waals surface area contributed by atoms with Gasteiger partial charge < -0.3 is 9.64 Å². The van der Waals surface area contributed by atoms with E-state index in [9.17, 15) is 9.18 Å². The van der Waals surface area contributed by atoms with E-state index in [-0.39, 0.29) is 22.7 Å². The van der Waals surface area contributed by atoms with Crippen molar-refractivity contribution in [2.24, 2.45) is 0 Å². The van der Waals surface area contributed by atoms with Gasteiger partial charge in [0.15, 0.2) is 0 Å². The van der Waals surface area contributed by atoms with Crippen molar-refractivity contribution in [2.75, 3.05) is 13.1 Å². The van der Waals surface area contributed by atoms with E-state index in [1.807, 2.05) is 35.3 Å². The third-order valence-electron chi connectivity index (χ3n) is 6.13. The van der Waals surface area contributed by atoms with Crippen molar-refractivity contribution in [3.63, 3.8) is 0 Å². The van der Waals surface area contributed by atoms with E-state index in [0.29, 0.717) is 36.0 Å². The van der Waals surface area contributed by atoms with Crippen molar-refractivity contribution in [2.45, 2.75) is 25.3 Å². The third-order valence-corrected chi connectivity index (χ3v) is 6.13. The van der Waals surface area contributed by atoms with Gasteiger partial charge in [0.25, 0.3) is 0 Å². The van der Waals surface area contributed by atoms with Gasteiger partial charge in [-0.05, 0) is 50.1 Å². The highest BCUT2D eigenvalue weighted by atomic mass is 19.1. The van der Waals surface area contributed by atoms with Gasteiger partial charge in [0.05, 0.1) is 11.3 Å². The maximum Gasteiger partial charge on any atom is 0.246 e. The summed E-state index contributed by atoms with van der Waals surface area (Å²) < 4.78 is 20.7. The Labute approximate surface area is 197 Å². The molecule has 1 fully saturated rings. The van der Waals surface area contributed by atoms with Crippen LogP contribution in [-0.4, -0.2) is 45.1 Å². The van der Waals surface area contributed by atoms with E-state index in [4.69, 9.17) is 10.1 Å². The topological polar surface area (TPSA) is 95.8 Å². The van der Waals surface area contributed by atoms with Crippen molar-refractivity contribution in [1.82, 2.24) is 14.9 Å². The minimum Gasteiger partial charge on any atom is -0.457 e. The van der Waals surface area contributed by atoms with Gasteiger partial charge in [0.1, 0.15) is 35.8 Å². The summed E-state index contributed by atoms with van der Waals surface area (Å²) in [6.45, 7) is 6.88. The summed E-state index contributed by atoms with van der Waals surface area (Å²) in [5.41, 5.74) is 0.158. The molecule has 4 rings (SSSR count). The molecule has 1 aromatic heterocycles. The second kappa shape index (κ2) is 9.93. The van der Waals surface area contributed by atoms with E-state index >= 15 is 0 Å². The average molecular weight is 461 g/mol. The van der Waals surface area contributed by atoms with Crippen LogP contribution in [0.15, 0.2) is 73.7 Å². The Kier molecular flexibility index (Phi) is 6.79. The number of hydrogen-bond acceptors (Lipinski definition) is 5. The van der Waals surface area contributed by atoms with Gasteiger partial charge in [-0.1, -0.05) is 24.8 Å². The molecular formula is C26H27FN5O2+. The van der Waals surface area contributed by atoms with Crippen molar-refractivity contribution >= 4 is 17.4 Å². The number of halogens is 1. The van der Waals surface area contributed by atoms with Gasteiger partial charge in [0, 0.05) is 24.4 Å². The molecule has 2 heterocycles. The van der Waals surface area contributed by atoms with Crippen molar-refractivity contribution in [3.8, 4) is 11.5 Å². The number of rotatable bonds is 8. The molecule has 174 valence electrons. The largest absolute Gasteiger partial charge is 0.457 e. The number of para-hydroxylation sites is 1. The lowest BCUT2D eigenvalue weighted by Crippen LogP contribution is -2.84. The highest BCUT2D eigenvalue weighted by Gasteiger charge is 2.40. The number of nitrogens with zero attached hydrogens (tertiary/aromatic N) is 3. The molecule has 1 saturated heterocycles. The number of hydrogen-bond donors (Lipinski definition) is 2. The molecule has 1 atom stereocenters. The molecular weight excluding hydrogens is 433 g/mol. The van der Waals surface area contributed by atoms with Crippen LogP contribution >= 0.6 is 0 Å². The fourth-order valence-electron chi connectivity index (χ4n) is 4.26. The standard InChI is InChI=1S/C26H26FN5O2/c1-3-23(33)32-13-7-12-26(32,2)16-30-25-21(15-29-17-31-25)24(28)20-11-10-19(14-22(20)27)34-18-8-5-4-6-9-18/h3-6,8-11,14-15,17,28H,1,7,12-13,16H2,2H3,(H,29,30,31)/p+1/t26-/m1/s1. The summed E-state index contributed by atoms with van der Waals surface area (Å²) in [7, 11) is 0. The van der Waals surface area contributed by atoms with E-state index < -0.39 is 5.82 Å². The van der Waals surface area contributed by atoms with Crippen LogP contribution in [0.3, 0.4) is 0 Å². The molecule has 0 saturated carbocycles. The lowest BCUT2D eigenvalue weighted by molar-refractivity contribution is -0.585. The highest BCUT2D eigenvalue weighted by Crippen LogP contribution is 2.28. The minimum absolute atomic E-state index is 0.0220. The van der Waals surface area contributed by atoms with Gasteiger partial charge >= 0.3 is 0 Å². The number of carbonyl (C=O) groups excluding carboxylic acids is 1. The van der Waals surface area contributed by atoms with E-state index in [0.717, 1.165) is 12.8 Å². The lowest BCUT2D eigenvalue weighted by atomic mass is 9.98. The molecule has 0 unspecified atom stereocenters. The molecule has 7 nitrogen and oxygen atoms in total. The van der Waals surface area contributed by atoms with Gasteiger partial charge in [-0.25, -0.2) is 9.37 Å². The van der Waals surface area contributed by atoms with Crippen LogP contribution in [0.25, 0.3) is 0 Å². The van der Waals surface area contributed by atoms with Crippen molar-refractivity contribution < 1.29 is 19.2 Å². The smallest absolute Gasteiger partial charge is 0.246 e. The van der Waals surface area contributed by atoms with Crippen molar-refractivity contribution in [3.05, 3.63) is 90.7 Å². The first kappa shape index (κ1) is 23.3. The summed E-state index contributed by atoms with van der Waals surface area (Å²) in [5, 5.41) is 10.6. The third kappa shape index (κ3) is 4.87. The first-order valence-electron chi connectivity index (χ1n) is 11.1. The highest BCUT2D eigenvalue weighted by molar-refractivity contribution is 6.12. The van der Waals surface area contributed by atoms with E-state index in [1.54, 1.807) is 18.2 Å². The van der Waals surface area contributed by atoms with Crippen LogP contribution in [-0.2, 0) is 4.79 Å². The van der Waals surface area contributed by atoms with Gasteiger partial charge in [-0.15, -0.1) is 0 Å². The summed E-state index contributed by atoms with van der Waals surface area (Å²) in [6.07, 6.45) is 6.03. The Bertz CT molecular complexity index is 1220. The molecule has 0 spiro atoms. The zero-order valence-corrected chi connectivity index (χ0v) is 19.0. The second-order valence-corrected chi connectivity index (χ2v) is 8.46. The predicted octanol–water partition coefficient (Wildman–Crippen LogP) is 3.59. The fraction of sp³-hybridized carbons (Fsp3) is 0.231. The Morgan fingerprint density at radius 3 is 2.79 bits per heavy atom. The monoisotopic (exact) mass is 460 g/mol. The molecule has 2 aromatic carbocycles. The van der Waals surface area contributed by atoms with Crippen LogP contribution in [0.1, 0.15) is 30.9 Å². The maximum atomic E-state index is 15.0. The SMILES string of the molecule is C=CC(=O)N1CCC[C@]1(C)C[NH2+]c1ncncc1C(=N)c1ccc(Oc2ccccc2)cc1F. The summed E-state index contributed by atoms with van der Waals surface area (Å²) in [4.78, 5) is 22.5. The Hall–Kier alpha value is -3.91. The fourth-order valence-corrected chi connectivity index (χ4v) is 4.26. The number of likely N-dealkylation sites (tertiary alicyclic amines) is 1. The van der Waals surface area contributed by atoms with Crippen molar-refractivity contribution in [1.29, 1.82) is 5.41 Å². The van der Waals surface area contributed by atoms with Gasteiger partial charge in [0.2, 0.25) is 11.7 Å². The molecule has 3 N–H and O–H groups in total. The molecule has 1 amide bonds. The number of nitrogens with two attached hydrogens (primary N) is 1. The molecule has 0 aliphatic carbocycles. The number of benzene rings is 2. The van der Waals surface area contributed by atoms with Crippen LogP contribution in [0.2, 0.25) is 0 Å². The number of nitrogens with one attached hydrogen (secondary N) is 1. The van der Waals surface area contributed by atoms with Crippen LogP contribution < -0.4 is 10.1 Å². The zero-order chi connectivity index (χ0) is 24.1. The predicted molar refractivity (Wildman–Crippen MR) is 127 cm³/mol. The average Bonchev–Trinajstić information content (AvgIpc) is 3.24. The van der Waals surface area contributed by atoms with E-state index in [2.05, 4.69) is 16.5 Å². The normalized spacial score (nSPS) is 17.4. The van der Waals surface area contributed by atoms with Gasteiger partial charge in [-0.2, -0.15) is 4.98 Å². The molecule has 0 bridgehead atoms. The Balaban J connectivity index is 1.52. The summed E-state index contributed by atoms with van der Waals surface area (Å²) in [5.74, 6) is 0.811. The first-order chi connectivity index (χ1) is 16.4. The summed E-state index contributed by atoms with van der Waals surface area (Å²) in [6, 6.07) is 13.5. The Morgan fingerprint density at radius 2 is 2.06 bits per heavy atom. The molecule has 3 aromatic rings. The summed E-state index contributed by atoms with van der Waals surface area (Å²) >= 11 is 0. The number of quaternary nitrogens is 1. The van der Waals surface area contributed by atoms with Crippen LogP contribution in [0.4, 0.5) is 10.2 Å². The second-order valence-electron chi connectivity index (χ2n) is 8.46. The number of aromatic nitrogens is 2. The first-order valence-corrected chi connectivity index (χ1v) is 11.1. The molecule has 8 heteroatoms. The van der Waals surface area contributed by atoms with Gasteiger partial charge in [-0.3, -0.25) is 15.5 Å². The minimum atomic E-state index is -0.571. The quantitative estimate of drug-likeness (QED) is 0.397. The number of amides is 1. The molecule has 34 heavy (non-hydrogen) atoms.